The molecule has 0 amide bonds. The zero-order valence-electron chi connectivity index (χ0n) is 22.2. The van der Waals surface area contributed by atoms with Crippen LogP contribution in [0.3, 0.4) is 0 Å². The van der Waals surface area contributed by atoms with Crippen LogP contribution in [-0.4, -0.2) is 34.4 Å². The molecule has 1 heterocycles. The topological polar surface area (TPSA) is 90.8 Å². The number of benzene rings is 2. The fourth-order valence-electron chi connectivity index (χ4n) is 4.06. The first kappa shape index (κ1) is 28.0. The van der Waals surface area contributed by atoms with Crippen LogP contribution in [0.4, 0.5) is 4.79 Å². The van der Waals surface area contributed by atoms with Crippen molar-refractivity contribution >= 4 is 6.16 Å². The van der Waals surface area contributed by atoms with E-state index in [1.54, 1.807) is 0 Å². The molecule has 198 valence electrons. The maximum atomic E-state index is 11.4. The summed E-state index contributed by atoms with van der Waals surface area (Å²) in [6.45, 7) is 7.48. The molecule has 3 rings (SSSR count). The Morgan fingerprint density at radius 3 is 2.24 bits per heavy atom. The van der Waals surface area contributed by atoms with Gasteiger partial charge in [-0.05, 0) is 38.0 Å². The second-order valence-electron chi connectivity index (χ2n) is 9.02. The summed E-state index contributed by atoms with van der Waals surface area (Å²) in [6.07, 6.45) is 9.18. The molecule has 0 unspecified atom stereocenters. The molecule has 0 fully saturated rings. The summed E-state index contributed by atoms with van der Waals surface area (Å²) in [5, 5.41) is 9.29. The number of rotatable bonds is 15. The highest BCUT2D eigenvalue weighted by atomic mass is 16.7. The van der Waals surface area contributed by atoms with Crippen LogP contribution in [0.5, 0.6) is 17.4 Å². The monoisotopic (exact) mass is 506 g/mol. The summed E-state index contributed by atoms with van der Waals surface area (Å²) in [4.78, 5) is 20.5. The maximum Gasteiger partial charge on any atom is 0.512 e. The van der Waals surface area contributed by atoms with Crippen LogP contribution in [0.2, 0.25) is 0 Å². The molecule has 0 radical (unpaired) electrons. The minimum Gasteiger partial charge on any atom is -0.493 e. The Kier molecular flexibility index (Phi) is 11.2. The summed E-state index contributed by atoms with van der Waals surface area (Å²) < 4.78 is 17.1. The zero-order chi connectivity index (χ0) is 26.5. The standard InChI is InChI=1S/C30H38N2O5/c1-4-6-8-9-10-13-20-36-27-17-12-11-15-24(27)25-21-31-29(37-30(33)34)28(32-25)23-16-14-18-26(22(23)3)35-19-7-5-2/h11-12,14-18,21H,4-10,13,19-20H2,1-3H3,(H,33,34). The Morgan fingerprint density at radius 2 is 1.46 bits per heavy atom. The van der Waals surface area contributed by atoms with Gasteiger partial charge in [0, 0.05) is 16.7 Å². The van der Waals surface area contributed by atoms with Gasteiger partial charge < -0.3 is 19.3 Å². The summed E-state index contributed by atoms with van der Waals surface area (Å²) >= 11 is 0. The summed E-state index contributed by atoms with van der Waals surface area (Å²) in [7, 11) is 0. The maximum absolute atomic E-state index is 11.4. The lowest BCUT2D eigenvalue weighted by atomic mass is 10.0. The Morgan fingerprint density at radius 1 is 0.811 bits per heavy atom. The Labute approximate surface area is 219 Å². The van der Waals surface area contributed by atoms with E-state index in [4.69, 9.17) is 19.2 Å². The van der Waals surface area contributed by atoms with E-state index in [9.17, 15) is 9.90 Å². The quantitative estimate of drug-likeness (QED) is 0.164. The third kappa shape index (κ3) is 8.20. The van der Waals surface area contributed by atoms with Crippen molar-refractivity contribution in [2.24, 2.45) is 0 Å². The SMILES string of the molecule is CCCCCCCCOc1ccccc1-c1cnc(OC(=O)O)c(-c2cccc(OCCCC)c2C)n1. The molecule has 7 nitrogen and oxygen atoms in total. The van der Waals surface area contributed by atoms with Gasteiger partial charge in [0.1, 0.15) is 17.2 Å². The number of hydrogen-bond acceptors (Lipinski definition) is 6. The highest BCUT2D eigenvalue weighted by molar-refractivity contribution is 5.76. The largest absolute Gasteiger partial charge is 0.512 e. The highest BCUT2D eigenvalue weighted by Crippen LogP contribution is 2.36. The van der Waals surface area contributed by atoms with Crippen LogP contribution < -0.4 is 14.2 Å². The minimum atomic E-state index is -1.45. The second-order valence-corrected chi connectivity index (χ2v) is 9.02. The molecular weight excluding hydrogens is 468 g/mol. The number of unbranched alkanes of at least 4 members (excludes halogenated alkanes) is 6. The molecule has 0 aliphatic heterocycles. The normalized spacial score (nSPS) is 10.8. The molecule has 1 aromatic heterocycles. The molecule has 0 atom stereocenters. The first-order chi connectivity index (χ1) is 18.0. The van der Waals surface area contributed by atoms with Crippen molar-refractivity contribution in [2.75, 3.05) is 13.2 Å². The predicted molar refractivity (Wildman–Crippen MR) is 146 cm³/mol. The minimum absolute atomic E-state index is 0.0736. The molecule has 37 heavy (non-hydrogen) atoms. The van der Waals surface area contributed by atoms with Gasteiger partial charge in [0.25, 0.3) is 5.88 Å². The number of nitrogens with zero attached hydrogens (tertiary/aromatic N) is 2. The van der Waals surface area contributed by atoms with Crippen molar-refractivity contribution in [2.45, 2.75) is 72.1 Å². The van der Waals surface area contributed by atoms with Crippen LogP contribution in [-0.2, 0) is 0 Å². The van der Waals surface area contributed by atoms with Gasteiger partial charge >= 0.3 is 6.16 Å². The Balaban J connectivity index is 1.89. The third-order valence-corrected chi connectivity index (χ3v) is 6.14. The zero-order valence-corrected chi connectivity index (χ0v) is 22.2. The van der Waals surface area contributed by atoms with Crippen molar-refractivity contribution < 1.29 is 24.1 Å². The number of aromatic nitrogens is 2. The number of hydrogen-bond donors (Lipinski definition) is 1. The van der Waals surface area contributed by atoms with Gasteiger partial charge in [0.15, 0.2) is 0 Å². The van der Waals surface area contributed by atoms with Gasteiger partial charge in [-0.3, -0.25) is 0 Å². The first-order valence-corrected chi connectivity index (χ1v) is 13.3. The fourth-order valence-corrected chi connectivity index (χ4v) is 4.06. The van der Waals surface area contributed by atoms with Crippen LogP contribution in [0, 0.1) is 6.92 Å². The Hall–Kier alpha value is -3.61. The predicted octanol–water partition coefficient (Wildman–Crippen LogP) is 8.09. The lowest BCUT2D eigenvalue weighted by Crippen LogP contribution is -2.08. The van der Waals surface area contributed by atoms with Gasteiger partial charge in [0.05, 0.1) is 25.1 Å². The van der Waals surface area contributed by atoms with Crippen molar-refractivity contribution in [3.05, 3.63) is 54.2 Å². The molecule has 0 aliphatic rings. The van der Waals surface area contributed by atoms with Gasteiger partial charge in [-0.15, -0.1) is 0 Å². The van der Waals surface area contributed by atoms with E-state index in [0.717, 1.165) is 48.3 Å². The molecule has 0 saturated carbocycles. The molecule has 0 spiro atoms. The van der Waals surface area contributed by atoms with E-state index >= 15 is 0 Å². The van der Waals surface area contributed by atoms with Crippen molar-refractivity contribution in [3.63, 3.8) is 0 Å². The van der Waals surface area contributed by atoms with E-state index in [2.05, 4.69) is 18.8 Å². The Bertz CT molecular complexity index is 1150. The van der Waals surface area contributed by atoms with E-state index in [0.29, 0.717) is 30.2 Å². The number of carboxylic acid groups (broad SMARTS) is 1. The van der Waals surface area contributed by atoms with Gasteiger partial charge in [-0.2, -0.15) is 0 Å². The van der Waals surface area contributed by atoms with Crippen molar-refractivity contribution in [1.29, 1.82) is 0 Å². The number of para-hydroxylation sites is 1. The molecule has 0 aliphatic carbocycles. The molecule has 1 N–H and O–H groups in total. The molecule has 3 aromatic rings. The average molecular weight is 507 g/mol. The lowest BCUT2D eigenvalue weighted by Gasteiger charge is -2.15. The van der Waals surface area contributed by atoms with Crippen molar-refractivity contribution in [1.82, 2.24) is 9.97 Å². The van der Waals surface area contributed by atoms with Crippen LogP contribution >= 0.6 is 0 Å². The first-order valence-electron chi connectivity index (χ1n) is 13.3. The number of ether oxygens (including phenoxy) is 3. The molecule has 0 saturated heterocycles. The lowest BCUT2D eigenvalue weighted by molar-refractivity contribution is 0.142. The van der Waals surface area contributed by atoms with Crippen molar-refractivity contribution in [3.8, 4) is 39.9 Å². The van der Waals surface area contributed by atoms with E-state index in [1.165, 1.54) is 31.9 Å². The van der Waals surface area contributed by atoms with Gasteiger partial charge in [-0.1, -0.05) is 76.6 Å². The fraction of sp³-hybridized carbons (Fsp3) is 0.433. The summed E-state index contributed by atoms with van der Waals surface area (Å²) in [5.74, 6) is 1.37. The van der Waals surface area contributed by atoms with Crippen LogP contribution in [0.15, 0.2) is 48.7 Å². The van der Waals surface area contributed by atoms with E-state index in [1.807, 2.05) is 49.4 Å². The summed E-state index contributed by atoms with van der Waals surface area (Å²) in [6, 6.07) is 13.3. The second kappa shape index (κ2) is 14.8. The van der Waals surface area contributed by atoms with E-state index in [-0.39, 0.29) is 5.88 Å². The van der Waals surface area contributed by atoms with Gasteiger partial charge in [0.2, 0.25) is 0 Å². The highest BCUT2D eigenvalue weighted by Gasteiger charge is 2.20. The van der Waals surface area contributed by atoms with Crippen LogP contribution in [0.1, 0.15) is 70.8 Å². The third-order valence-electron chi connectivity index (χ3n) is 6.14. The van der Waals surface area contributed by atoms with Gasteiger partial charge in [-0.25, -0.2) is 14.8 Å². The molecule has 0 bridgehead atoms. The number of carbonyl (C=O) groups is 1. The van der Waals surface area contributed by atoms with E-state index < -0.39 is 6.16 Å². The average Bonchev–Trinajstić information content (AvgIpc) is 2.90. The molecular formula is C30H38N2O5. The molecule has 2 aromatic carbocycles. The smallest absolute Gasteiger partial charge is 0.493 e. The summed E-state index contributed by atoms with van der Waals surface area (Å²) in [5.41, 5.74) is 3.24. The molecule has 7 heteroatoms. The van der Waals surface area contributed by atoms with Crippen LogP contribution in [0.25, 0.3) is 22.5 Å².